The van der Waals surface area contributed by atoms with Crippen LogP contribution in [0.3, 0.4) is 0 Å². The molecule has 39 heavy (non-hydrogen) atoms. The van der Waals surface area contributed by atoms with Gasteiger partial charge in [-0.2, -0.15) is 5.10 Å². The summed E-state index contributed by atoms with van der Waals surface area (Å²) in [5, 5.41) is 31.5. The number of rotatable bonds is 8. The Kier molecular flexibility index (Phi) is 5.65. The van der Waals surface area contributed by atoms with Crippen LogP contribution < -0.4 is 10.5 Å². The molecule has 0 radical (unpaired) electrons. The van der Waals surface area contributed by atoms with E-state index < -0.39 is 35.8 Å². The van der Waals surface area contributed by atoms with Gasteiger partial charge in [0, 0.05) is 28.5 Å². The molecule has 202 valence electrons. The van der Waals surface area contributed by atoms with E-state index in [1.807, 2.05) is 0 Å². The summed E-state index contributed by atoms with van der Waals surface area (Å²) in [6.45, 7) is 2.81. The van der Waals surface area contributed by atoms with E-state index in [0.29, 0.717) is 18.2 Å². The fourth-order valence-electron chi connectivity index (χ4n) is 4.75. The molecule has 4 aromatic rings. The van der Waals surface area contributed by atoms with Crippen LogP contribution in [0.2, 0.25) is 0 Å². The summed E-state index contributed by atoms with van der Waals surface area (Å²) < 4.78 is 56.7. The molecule has 1 saturated carbocycles. The molecular formula is C29H28F2N4O4. The number of pyridine rings is 1. The Bertz CT molecular complexity index is 1690. The quantitative estimate of drug-likeness (QED) is 0.308. The Morgan fingerprint density at radius 3 is 2.46 bits per heavy atom. The third-order valence-corrected chi connectivity index (χ3v) is 6.98. The van der Waals surface area contributed by atoms with Crippen LogP contribution in [0.1, 0.15) is 58.1 Å². The molecule has 1 aliphatic rings. The SMILES string of the molecule is [2H]C([2H])([2H])Oc1cc(C(N)=O)cc2cc(CC(O)(c3cc(C(C)(C)O)c(F)c(-c4ccc(F)cc4)n3)C3CC3)nnc12. The zero-order valence-corrected chi connectivity index (χ0v) is 21.2. The van der Waals surface area contributed by atoms with Gasteiger partial charge in [-0.05, 0) is 81.1 Å². The van der Waals surface area contributed by atoms with Crippen LogP contribution in [0.5, 0.6) is 5.75 Å². The second kappa shape index (κ2) is 9.62. The van der Waals surface area contributed by atoms with E-state index in [1.54, 1.807) is 0 Å². The second-order valence-corrected chi connectivity index (χ2v) is 10.4. The number of hydrogen-bond donors (Lipinski definition) is 3. The number of carbonyl (C=O) groups excluding carboxylic acids is 1. The van der Waals surface area contributed by atoms with Crippen molar-refractivity contribution in [3.8, 4) is 17.0 Å². The van der Waals surface area contributed by atoms with Crippen molar-refractivity contribution >= 4 is 16.8 Å². The van der Waals surface area contributed by atoms with Crippen LogP contribution >= 0.6 is 0 Å². The number of primary amides is 1. The molecule has 1 fully saturated rings. The van der Waals surface area contributed by atoms with Gasteiger partial charge < -0.3 is 20.7 Å². The largest absolute Gasteiger partial charge is 0.494 e. The molecule has 1 aliphatic carbocycles. The van der Waals surface area contributed by atoms with Crippen molar-refractivity contribution in [2.45, 2.75) is 44.3 Å². The molecule has 2 aromatic carbocycles. The van der Waals surface area contributed by atoms with Gasteiger partial charge in [0.25, 0.3) is 0 Å². The Morgan fingerprint density at radius 2 is 1.85 bits per heavy atom. The topological polar surface area (TPSA) is 131 Å². The number of aliphatic hydroxyl groups is 2. The summed E-state index contributed by atoms with van der Waals surface area (Å²) in [5.74, 6) is -2.63. The van der Waals surface area contributed by atoms with Crippen molar-refractivity contribution < 1.29 is 32.6 Å². The molecule has 2 heterocycles. The number of ether oxygens (including phenoxy) is 1. The van der Waals surface area contributed by atoms with Crippen molar-refractivity contribution in [2.75, 3.05) is 7.04 Å². The maximum absolute atomic E-state index is 15.7. The van der Waals surface area contributed by atoms with Crippen LogP contribution in [0.25, 0.3) is 22.2 Å². The van der Waals surface area contributed by atoms with E-state index >= 15 is 4.39 Å². The molecule has 4 N–H and O–H groups in total. The van der Waals surface area contributed by atoms with E-state index in [-0.39, 0.29) is 57.4 Å². The zero-order valence-electron chi connectivity index (χ0n) is 24.2. The van der Waals surface area contributed by atoms with Crippen LogP contribution in [0, 0.1) is 17.6 Å². The normalized spacial score (nSPS) is 16.7. The molecule has 10 heteroatoms. The van der Waals surface area contributed by atoms with Gasteiger partial charge in [-0.3, -0.25) is 4.79 Å². The van der Waals surface area contributed by atoms with Gasteiger partial charge in [0.05, 0.1) is 28.1 Å². The fraction of sp³-hybridized carbons (Fsp3) is 0.310. The smallest absolute Gasteiger partial charge is 0.248 e. The lowest BCUT2D eigenvalue weighted by atomic mass is 9.84. The highest BCUT2D eigenvalue weighted by Crippen LogP contribution is 2.48. The monoisotopic (exact) mass is 537 g/mol. The Hall–Kier alpha value is -4.02. The summed E-state index contributed by atoms with van der Waals surface area (Å²) in [6.07, 6.45) is 1.15. The lowest BCUT2D eigenvalue weighted by molar-refractivity contribution is 0.00695. The summed E-state index contributed by atoms with van der Waals surface area (Å²) in [7, 11) is -2.83. The molecular weight excluding hydrogens is 506 g/mol. The number of nitrogens with zero attached hydrogens (tertiary/aromatic N) is 3. The molecule has 0 bridgehead atoms. The van der Waals surface area contributed by atoms with E-state index in [9.17, 15) is 19.4 Å². The lowest BCUT2D eigenvalue weighted by Gasteiger charge is -2.30. The summed E-state index contributed by atoms with van der Waals surface area (Å²) in [5.41, 5.74) is 2.51. The second-order valence-electron chi connectivity index (χ2n) is 10.4. The summed E-state index contributed by atoms with van der Waals surface area (Å²) in [4.78, 5) is 16.4. The lowest BCUT2D eigenvalue weighted by Crippen LogP contribution is -2.34. The Morgan fingerprint density at radius 1 is 1.13 bits per heavy atom. The fourth-order valence-corrected chi connectivity index (χ4v) is 4.75. The standard InChI is InChI=1S/C29H28F2N4O4/c1-28(2,37)21-13-23(33-26(24(21)31)15-4-8-19(30)9-5-15)29(38,18-6-7-18)14-20-11-16-10-17(27(32)36)12-22(39-3)25(16)35-34-20/h4-5,8-13,18,37-38H,6-7,14H2,1-3H3,(H2,32,36)/i3D3. The highest BCUT2D eigenvalue weighted by atomic mass is 19.1. The van der Waals surface area contributed by atoms with Gasteiger partial charge in [-0.1, -0.05) is 0 Å². The Balaban J connectivity index is 1.63. The molecule has 0 spiro atoms. The predicted octanol–water partition coefficient (Wildman–Crippen LogP) is 4.15. The first-order chi connectivity index (χ1) is 19.5. The number of amides is 1. The highest BCUT2D eigenvalue weighted by molar-refractivity contribution is 5.98. The molecule has 0 aliphatic heterocycles. The molecule has 1 amide bonds. The first-order valence-corrected chi connectivity index (χ1v) is 12.3. The number of fused-ring (bicyclic) bond motifs is 1. The van der Waals surface area contributed by atoms with Crippen molar-refractivity contribution in [2.24, 2.45) is 11.7 Å². The maximum Gasteiger partial charge on any atom is 0.248 e. The molecule has 1 unspecified atom stereocenters. The van der Waals surface area contributed by atoms with E-state index in [4.69, 9.17) is 14.6 Å². The Labute approximate surface area is 227 Å². The highest BCUT2D eigenvalue weighted by Gasteiger charge is 2.47. The minimum absolute atomic E-state index is 0.0166. The third-order valence-electron chi connectivity index (χ3n) is 6.98. The summed E-state index contributed by atoms with van der Waals surface area (Å²) in [6, 6.07) is 10.5. The van der Waals surface area contributed by atoms with E-state index in [1.165, 1.54) is 50.2 Å². The predicted molar refractivity (Wildman–Crippen MR) is 140 cm³/mol. The van der Waals surface area contributed by atoms with Gasteiger partial charge in [-0.25, -0.2) is 13.8 Å². The summed E-state index contributed by atoms with van der Waals surface area (Å²) >= 11 is 0. The van der Waals surface area contributed by atoms with Gasteiger partial charge in [0.2, 0.25) is 5.91 Å². The number of benzene rings is 2. The average Bonchev–Trinajstić information content (AvgIpc) is 3.74. The van der Waals surface area contributed by atoms with Crippen molar-refractivity contribution in [3.05, 3.63) is 82.7 Å². The number of hydrogen-bond acceptors (Lipinski definition) is 7. The number of nitrogens with two attached hydrogens (primary N) is 1. The molecule has 0 saturated heterocycles. The first-order valence-electron chi connectivity index (χ1n) is 13.8. The molecule has 2 aromatic heterocycles. The van der Waals surface area contributed by atoms with Crippen molar-refractivity contribution in [1.29, 1.82) is 0 Å². The molecule has 1 atom stereocenters. The van der Waals surface area contributed by atoms with Crippen molar-refractivity contribution in [1.82, 2.24) is 15.2 Å². The molecule has 8 nitrogen and oxygen atoms in total. The van der Waals surface area contributed by atoms with Gasteiger partial charge in [0.1, 0.15) is 28.4 Å². The number of carbonyl (C=O) groups is 1. The van der Waals surface area contributed by atoms with E-state index in [2.05, 4.69) is 15.2 Å². The minimum Gasteiger partial charge on any atom is -0.494 e. The minimum atomic E-state index is -2.83. The zero-order chi connectivity index (χ0) is 30.6. The van der Waals surface area contributed by atoms with Gasteiger partial charge >= 0.3 is 0 Å². The van der Waals surface area contributed by atoms with Crippen LogP contribution in [-0.4, -0.2) is 38.3 Å². The first kappa shape index (κ1) is 22.9. The van der Waals surface area contributed by atoms with E-state index in [0.717, 1.165) is 12.1 Å². The van der Waals surface area contributed by atoms with Crippen LogP contribution in [0.4, 0.5) is 8.78 Å². The maximum atomic E-state index is 15.7. The third kappa shape index (κ3) is 5.05. The van der Waals surface area contributed by atoms with Gasteiger partial charge in [-0.15, -0.1) is 5.10 Å². The number of methoxy groups -OCH3 is 1. The number of halogens is 2. The number of aromatic nitrogens is 3. The van der Waals surface area contributed by atoms with Crippen LogP contribution in [0.15, 0.2) is 48.5 Å². The average molecular weight is 538 g/mol. The van der Waals surface area contributed by atoms with Gasteiger partial charge in [0.15, 0.2) is 5.82 Å². The molecule has 5 rings (SSSR count). The van der Waals surface area contributed by atoms with Crippen LogP contribution in [-0.2, 0) is 17.6 Å². The van der Waals surface area contributed by atoms with Crippen molar-refractivity contribution in [3.63, 3.8) is 0 Å².